The topological polar surface area (TPSA) is 94.6 Å². The number of tetrazole rings is 1. The molecular weight excluding hydrogens is 220 g/mol. The monoisotopic (exact) mass is 220 g/mol. The van der Waals surface area contributed by atoms with Crippen molar-refractivity contribution in [1.29, 1.82) is 0 Å². The largest absolute Gasteiger partial charge is 1.00 e. The molecule has 0 bridgehead atoms. The van der Waals surface area contributed by atoms with Crippen LogP contribution >= 0.6 is 0 Å². The van der Waals surface area contributed by atoms with Gasteiger partial charge >= 0.3 is 22.4 Å². The molecule has 1 aromatic rings. The molecule has 0 aromatic carbocycles. The van der Waals surface area contributed by atoms with Crippen LogP contribution in [0.25, 0.3) is 0 Å². The fourth-order valence-electron chi connectivity index (χ4n) is 0.248. The van der Waals surface area contributed by atoms with Crippen molar-refractivity contribution in [2.24, 2.45) is 0 Å². The van der Waals surface area contributed by atoms with E-state index in [1.807, 2.05) is 5.21 Å². The molecule has 0 saturated heterocycles. The fraction of sp³-hybridized carbons (Fsp3) is 0. The molecule has 7 heteroatoms. The Morgan fingerprint density at radius 3 is 2.56 bits per heavy atom. The third kappa shape index (κ3) is 1.92. The van der Waals surface area contributed by atoms with Crippen molar-refractivity contribution in [2.75, 3.05) is 0 Å². The molecule has 52 valence electrons. The van der Waals surface area contributed by atoms with Gasteiger partial charge in [0, 0.05) is 0 Å². The molecule has 0 amide bonds. The first kappa shape index (κ1) is 8.28. The van der Waals surface area contributed by atoms with Crippen LogP contribution in [-0.4, -0.2) is 26.6 Å². The van der Waals surface area contributed by atoms with Crippen LogP contribution in [0.15, 0.2) is 0 Å². The van der Waals surface area contributed by atoms with E-state index in [4.69, 9.17) is 0 Å². The average molecular weight is 221 g/mol. The number of carboxylic acids is 1. The number of rotatable bonds is 1. The number of hydrogen-bond donors (Lipinski definition) is 1. The van der Waals surface area contributed by atoms with Crippen molar-refractivity contribution in [2.45, 2.75) is 0 Å². The quantitative estimate of drug-likeness (QED) is 0.531. The molecule has 0 spiro atoms. The van der Waals surface area contributed by atoms with E-state index in [9.17, 15) is 9.90 Å². The van der Waals surface area contributed by atoms with Crippen LogP contribution < -0.4 is 5.11 Å². The molecule has 1 N–H and O–H groups in total. The van der Waals surface area contributed by atoms with Gasteiger partial charge in [-0.3, -0.25) is 0 Å². The fourth-order valence-corrected chi connectivity index (χ4v) is 0.248. The van der Waals surface area contributed by atoms with Crippen molar-refractivity contribution in [3.8, 4) is 0 Å². The van der Waals surface area contributed by atoms with Crippen LogP contribution in [0.5, 0.6) is 0 Å². The predicted octanol–water partition coefficient (Wildman–Crippen LogP) is -2.44. The zero-order chi connectivity index (χ0) is 5.98. The van der Waals surface area contributed by atoms with E-state index in [1.54, 1.807) is 0 Å². The van der Waals surface area contributed by atoms with E-state index >= 15 is 0 Å². The Labute approximate surface area is 65.2 Å². The summed E-state index contributed by atoms with van der Waals surface area (Å²) in [5, 5.41) is 20.9. The number of H-pyrrole nitrogens is 1. The van der Waals surface area contributed by atoms with E-state index in [1.165, 1.54) is 0 Å². The molecule has 0 aliphatic heterocycles. The smallest absolute Gasteiger partial charge is 0.541 e. The van der Waals surface area contributed by atoms with Crippen molar-refractivity contribution < 1.29 is 32.3 Å². The molecular formula is C2HAgN4O2. The summed E-state index contributed by atoms with van der Waals surface area (Å²) < 4.78 is 0. The molecule has 1 heterocycles. The molecule has 0 saturated carbocycles. The standard InChI is InChI=1S/C2H2N4O2.Ag/c7-2(8)1-3-5-6-4-1;/h(H,7,8)(H,3,4,5,6);/q;+1/p-1. The number of hydrogen-bond acceptors (Lipinski definition) is 5. The average Bonchev–Trinajstić information content (AvgIpc) is 2.12. The van der Waals surface area contributed by atoms with Gasteiger partial charge in [0.05, 0.1) is 0 Å². The first-order chi connectivity index (χ1) is 3.80. The van der Waals surface area contributed by atoms with Gasteiger partial charge < -0.3 is 9.90 Å². The second-order valence-corrected chi connectivity index (χ2v) is 1.02. The molecule has 0 radical (unpaired) electrons. The van der Waals surface area contributed by atoms with Crippen LogP contribution in [0.4, 0.5) is 0 Å². The Morgan fingerprint density at radius 1 is 1.67 bits per heavy atom. The SMILES string of the molecule is O=C([O-])c1nn[nH]n1.[Ag+]. The molecule has 0 atom stereocenters. The van der Waals surface area contributed by atoms with Crippen molar-refractivity contribution >= 4 is 5.97 Å². The third-order valence-corrected chi connectivity index (χ3v) is 0.528. The number of nitrogens with zero attached hydrogens (tertiary/aromatic N) is 3. The summed E-state index contributed by atoms with van der Waals surface area (Å²) in [7, 11) is 0. The Morgan fingerprint density at radius 2 is 2.33 bits per heavy atom. The summed E-state index contributed by atoms with van der Waals surface area (Å²) in [5.74, 6) is -1.86. The van der Waals surface area contributed by atoms with Gasteiger partial charge in [0.25, 0.3) is 0 Å². The van der Waals surface area contributed by atoms with Gasteiger partial charge in [0.2, 0.25) is 5.82 Å². The van der Waals surface area contributed by atoms with Gasteiger partial charge in [-0.25, -0.2) is 0 Å². The van der Waals surface area contributed by atoms with Crippen molar-refractivity contribution in [1.82, 2.24) is 20.6 Å². The van der Waals surface area contributed by atoms with Crippen molar-refractivity contribution in [3.05, 3.63) is 5.82 Å². The molecule has 0 aliphatic rings. The Kier molecular flexibility index (Phi) is 3.07. The van der Waals surface area contributed by atoms with Crippen LogP contribution in [-0.2, 0) is 22.4 Å². The van der Waals surface area contributed by atoms with Crippen LogP contribution in [0.3, 0.4) is 0 Å². The summed E-state index contributed by atoms with van der Waals surface area (Å²) in [5.41, 5.74) is 0. The van der Waals surface area contributed by atoms with Gasteiger partial charge in [0.1, 0.15) is 5.97 Å². The van der Waals surface area contributed by atoms with E-state index in [-0.39, 0.29) is 22.4 Å². The number of carbonyl (C=O) groups is 1. The summed E-state index contributed by atoms with van der Waals surface area (Å²) in [4.78, 5) is 9.77. The predicted molar refractivity (Wildman–Crippen MR) is 18.5 cm³/mol. The molecule has 1 rings (SSSR count). The zero-order valence-corrected chi connectivity index (χ0v) is 5.44. The minimum Gasteiger partial charge on any atom is -0.541 e. The van der Waals surface area contributed by atoms with Gasteiger partial charge in [0.15, 0.2) is 0 Å². The number of carboxylic acid groups (broad SMARTS) is 1. The molecule has 0 unspecified atom stereocenters. The summed E-state index contributed by atoms with van der Waals surface area (Å²) >= 11 is 0. The van der Waals surface area contributed by atoms with E-state index in [0.717, 1.165) is 0 Å². The van der Waals surface area contributed by atoms with Gasteiger partial charge in [-0.05, 0) is 5.21 Å². The molecule has 9 heavy (non-hydrogen) atoms. The maximum Gasteiger partial charge on any atom is 1.00 e. The number of nitrogens with one attached hydrogen (secondary N) is 1. The Hall–Kier alpha value is -0.720. The molecule has 0 aliphatic carbocycles. The second-order valence-electron chi connectivity index (χ2n) is 1.02. The molecule has 1 aromatic heterocycles. The summed E-state index contributed by atoms with van der Waals surface area (Å²) in [6.07, 6.45) is 0. The van der Waals surface area contributed by atoms with E-state index in [2.05, 4.69) is 15.4 Å². The van der Waals surface area contributed by atoms with Crippen LogP contribution in [0.2, 0.25) is 0 Å². The number of aromatic nitrogens is 4. The zero-order valence-electron chi connectivity index (χ0n) is 3.96. The molecule has 6 nitrogen and oxygen atoms in total. The third-order valence-electron chi connectivity index (χ3n) is 0.528. The maximum absolute atomic E-state index is 9.77. The molecule has 0 fully saturated rings. The van der Waals surface area contributed by atoms with E-state index in [0.29, 0.717) is 0 Å². The minimum absolute atomic E-state index is 0. The normalized spacial score (nSPS) is 8.00. The number of aromatic amines is 1. The van der Waals surface area contributed by atoms with Crippen LogP contribution in [0, 0.1) is 0 Å². The van der Waals surface area contributed by atoms with Gasteiger partial charge in [-0.1, -0.05) is 0 Å². The first-order valence-electron chi connectivity index (χ1n) is 1.75. The van der Waals surface area contributed by atoms with Crippen LogP contribution in [0.1, 0.15) is 10.6 Å². The Bertz CT molecular complexity index is 184. The first-order valence-corrected chi connectivity index (χ1v) is 1.75. The van der Waals surface area contributed by atoms with Gasteiger partial charge in [-0.2, -0.15) is 5.21 Å². The van der Waals surface area contributed by atoms with E-state index < -0.39 is 11.8 Å². The summed E-state index contributed by atoms with van der Waals surface area (Å²) in [6.45, 7) is 0. The number of aromatic carboxylic acids is 1. The Balaban J connectivity index is 0.000000640. The van der Waals surface area contributed by atoms with Gasteiger partial charge in [-0.15, -0.1) is 10.2 Å². The van der Waals surface area contributed by atoms with Crippen molar-refractivity contribution in [3.63, 3.8) is 0 Å². The number of carbonyl (C=O) groups excluding carboxylic acids is 1. The maximum atomic E-state index is 9.77. The summed E-state index contributed by atoms with van der Waals surface area (Å²) in [6, 6.07) is 0. The second kappa shape index (κ2) is 3.33. The minimum atomic E-state index is -1.43.